The van der Waals surface area contributed by atoms with Gasteiger partial charge >= 0.3 is 0 Å². The Kier molecular flexibility index (Phi) is 5.45. The second kappa shape index (κ2) is 7.54. The van der Waals surface area contributed by atoms with Crippen molar-refractivity contribution < 1.29 is 4.92 Å². The molecule has 0 aliphatic carbocycles. The molecule has 2 rings (SSSR count). The van der Waals surface area contributed by atoms with Gasteiger partial charge in [0.25, 0.3) is 5.69 Å². The highest BCUT2D eigenvalue weighted by atomic mass is 16.6. The number of hydrogen-bond donors (Lipinski definition) is 2. The first-order valence-electron chi connectivity index (χ1n) is 7.16. The van der Waals surface area contributed by atoms with E-state index < -0.39 is 0 Å². The molecule has 0 saturated carbocycles. The van der Waals surface area contributed by atoms with Crippen LogP contribution in [0.15, 0.2) is 36.7 Å². The quantitative estimate of drug-likeness (QED) is 0.444. The molecule has 1 aromatic heterocycles. The molecule has 0 amide bonds. The molecule has 21 heavy (non-hydrogen) atoms. The molecule has 0 radical (unpaired) electrons. The molecule has 0 spiro atoms. The van der Waals surface area contributed by atoms with E-state index in [1.807, 2.05) is 12.3 Å². The molecule has 6 nitrogen and oxygen atoms in total. The maximum atomic E-state index is 10.8. The standard InChI is InChI=1S/C15H20N4O2/c1-2-14(12-5-3-6-13(11-12)19(20)21)16-8-4-7-15-17-9-10-18-15/h3,5-6,9-11,14,16H,2,4,7-8H2,1H3,(H,17,18). The molecule has 1 heterocycles. The topological polar surface area (TPSA) is 83.8 Å². The van der Waals surface area contributed by atoms with Gasteiger partial charge in [-0.25, -0.2) is 4.98 Å². The Bertz CT molecular complexity index is 569. The average Bonchev–Trinajstić information content (AvgIpc) is 3.01. The normalized spacial score (nSPS) is 12.2. The third-order valence-corrected chi connectivity index (χ3v) is 3.43. The molecule has 6 heteroatoms. The summed E-state index contributed by atoms with van der Waals surface area (Å²) in [5.74, 6) is 0.986. The lowest BCUT2D eigenvalue weighted by atomic mass is 10.0. The van der Waals surface area contributed by atoms with Gasteiger partial charge < -0.3 is 10.3 Å². The molecule has 0 aliphatic rings. The van der Waals surface area contributed by atoms with Crippen LogP contribution < -0.4 is 5.32 Å². The number of aryl methyl sites for hydroxylation is 1. The molecule has 1 atom stereocenters. The maximum absolute atomic E-state index is 10.8. The summed E-state index contributed by atoms with van der Waals surface area (Å²) in [7, 11) is 0. The van der Waals surface area contributed by atoms with Crippen molar-refractivity contribution in [1.82, 2.24) is 15.3 Å². The number of imidazole rings is 1. The second-order valence-electron chi connectivity index (χ2n) is 4.91. The number of benzene rings is 1. The molecule has 1 aromatic carbocycles. The van der Waals surface area contributed by atoms with Gasteiger partial charge in [0.05, 0.1) is 4.92 Å². The zero-order valence-corrected chi connectivity index (χ0v) is 12.1. The first-order chi connectivity index (χ1) is 10.2. The molecule has 0 bridgehead atoms. The van der Waals surface area contributed by atoms with Crippen molar-refractivity contribution in [2.24, 2.45) is 0 Å². The van der Waals surface area contributed by atoms with E-state index in [2.05, 4.69) is 22.2 Å². The molecule has 112 valence electrons. The number of aromatic nitrogens is 2. The summed E-state index contributed by atoms with van der Waals surface area (Å²) in [6, 6.07) is 6.98. The minimum Gasteiger partial charge on any atom is -0.349 e. The van der Waals surface area contributed by atoms with Gasteiger partial charge in [0, 0.05) is 37.0 Å². The van der Waals surface area contributed by atoms with Crippen LogP contribution in [-0.4, -0.2) is 21.4 Å². The smallest absolute Gasteiger partial charge is 0.269 e. The van der Waals surface area contributed by atoms with Crippen molar-refractivity contribution in [1.29, 1.82) is 0 Å². The summed E-state index contributed by atoms with van der Waals surface area (Å²) in [5, 5.41) is 14.3. The molecular weight excluding hydrogens is 268 g/mol. The summed E-state index contributed by atoms with van der Waals surface area (Å²) in [6.45, 7) is 2.92. The third-order valence-electron chi connectivity index (χ3n) is 3.43. The zero-order chi connectivity index (χ0) is 15.1. The number of H-pyrrole nitrogens is 1. The predicted molar refractivity (Wildman–Crippen MR) is 81.0 cm³/mol. The van der Waals surface area contributed by atoms with Crippen LogP contribution in [-0.2, 0) is 6.42 Å². The predicted octanol–water partition coefficient (Wildman–Crippen LogP) is 2.99. The van der Waals surface area contributed by atoms with Gasteiger partial charge in [-0.2, -0.15) is 0 Å². The third kappa shape index (κ3) is 4.39. The highest BCUT2D eigenvalue weighted by molar-refractivity contribution is 5.35. The Morgan fingerprint density at radius 2 is 2.33 bits per heavy atom. The number of rotatable bonds is 8. The van der Waals surface area contributed by atoms with Gasteiger partial charge in [0.15, 0.2) is 0 Å². The fourth-order valence-corrected chi connectivity index (χ4v) is 2.32. The van der Waals surface area contributed by atoms with E-state index in [1.165, 1.54) is 6.07 Å². The van der Waals surface area contributed by atoms with E-state index in [1.54, 1.807) is 18.3 Å². The first kappa shape index (κ1) is 15.2. The summed E-state index contributed by atoms with van der Waals surface area (Å²) in [4.78, 5) is 17.7. The highest BCUT2D eigenvalue weighted by Crippen LogP contribution is 2.21. The molecule has 2 N–H and O–H groups in total. The number of non-ortho nitro benzene ring substituents is 1. The van der Waals surface area contributed by atoms with E-state index in [-0.39, 0.29) is 16.7 Å². The van der Waals surface area contributed by atoms with Gasteiger partial charge in [-0.15, -0.1) is 0 Å². The molecule has 0 fully saturated rings. The summed E-state index contributed by atoms with van der Waals surface area (Å²) in [6.07, 6.45) is 6.33. The summed E-state index contributed by atoms with van der Waals surface area (Å²) in [5.41, 5.74) is 1.10. The molecule has 0 aliphatic heterocycles. The largest absolute Gasteiger partial charge is 0.349 e. The Hall–Kier alpha value is -2.21. The van der Waals surface area contributed by atoms with Gasteiger partial charge in [-0.1, -0.05) is 19.1 Å². The van der Waals surface area contributed by atoms with E-state index >= 15 is 0 Å². The number of nitro benzene ring substituents is 1. The van der Waals surface area contributed by atoms with Gasteiger partial charge in [-0.05, 0) is 24.9 Å². The molecular formula is C15H20N4O2. The lowest BCUT2D eigenvalue weighted by Crippen LogP contribution is -2.22. The lowest BCUT2D eigenvalue weighted by Gasteiger charge is -2.17. The summed E-state index contributed by atoms with van der Waals surface area (Å²) < 4.78 is 0. The highest BCUT2D eigenvalue weighted by Gasteiger charge is 2.12. The van der Waals surface area contributed by atoms with Crippen LogP contribution in [0.1, 0.15) is 37.2 Å². The van der Waals surface area contributed by atoms with Crippen molar-refractivity contribution in [3.05, 3.63) is 58.2 Å². The lowest BCUT2D eigenvalue weighted by molar-refractivity contribution is -0.384. The van der Waals surface area contributed by atoms with Crippen molar-refractivity contribution in [2.75, 3.05) is 6.54 Å². The van der Waals surface area contributed by atoms with Gasteiger partial charge in [0.1, 0.15) is 5.82 Å². The van der Waals surface area contributed by atoms with Crippen molar-refractivity contribution in [2.45, 2.75) is 32.2 Å². The number of nitrogens with one attached hydrogen (secondary N) is 2. The van der Waals surface area contributed by atoms with E-state index in [0.29, 0.717) is 0 Å². The van der Waals surface area contributed by atoms with Crippen LogP contribution in [0.3, 0.4) is 0 Å². The molecule has 2 aromatic rings. The van der Waals surface area contributed by atoms with Crippen LogP contribution in [0.2, 0.25) is 0 Å². The first-order valence-corrected chi connectivity index (χ1v) is 7.16. The van der Waals surface area contributed by atoms with Crippen LogP contribution >= 0.6 is 0 Å². The Balaban J connectivity index is 1.87. The zero-order valence-electron chi connectivity index (χ0n) is 12.1. The average molecular weight is 288 g/mol. The minimum atomic E-state index is -0.354. The fourth-order valence-electron chi connectivity index (χ4n) is 2.32. The number of aromatic amines is 1. The van der Waals surface area contributed by atoms with E-state index in [0.717, 1.165) is 37.2 Å². The van der Waals surface area contributed by atoms with E-state index in [9.17, 15) is 10.1 Å². The number of nitro groups is 1. The fraction of sp³-hybridized carbons (Fsp3) is 0.400. The Morgan fingerprint density at radius 3 is 3.00 bits per heavy atom. The van der Waals surface area contributed by atoms with Crippen LogP contribution in [0.5, 0.6) is 0 Å². The van der Waals surface area contributed by atoms with Crippen molar-refractivity contribution >= 4 is 5.69 Å². The van der Waals surface area contributed by atoms with Crippen LogP contribution in [0.25, 0.3) is 0 Å². The van der Waals surface area contributed by atoms with Crippen LogP contribution in [0, 0.1) is 10.1 Å². The van der Waals surface area contributed by atoms with Crippen LogP contribution in [0.4, 0.5) is 5.69 Å². The van der Waals surface area contributed by atoms with Gasteiger partial charge in [0.2, 0.25) is 0 Å². The Labute approximate surface area is 123 Å². The second-order valence-corrected chi connectivity index (χ2v) is 4.91. The van der Waals surface area contributed by atoms with E-state index in [4.69, 9.17) is 0 Å². The number of nitrogens with zero attached hydrogens (tertiary/aromatic N) is 2. The molecule has 1 unspecified atom stereocenters. The monoisotopic (exact) mass is 288 g/mol. The SMILES string of the molecule is CCC(NCCCc1ncc[nH]1)c1cccc([N+](=O)[O-])c1. The van der Waals surface area contributed by atoms with Crippen molar-refractivity contribution in [3.8, 4) is 0 Å². The molecule has 0 saturated heterocycles. The summed E-state index contributed by atoms with van der Waals surface area (Å²) >= 11 is 0. The minimum absolute atomic E-state index is 0.140. The van der Waals surface area contributed by atoms with Crippen molar-refractivity contribution in [3.63, 3.8) is 0 Å². The Morgan fingerprint density at radius 1 is 1.48 bits per heavy atom. The number of hydrogen-bond acceptors (Lipinski definition) is 4. The maximum Gasteiger partial charge on any atom is 0.269 e. The van der Waals surface area contributed by atoms with Gasteiger partial charge in [-0.3, -0.25) is 10.1 Å².